The third-order valence-electron chi connectivity index (χ3n) is 2.20. The topological polar surface area (TPSA) is 88.5 Å². The van der Waals surface area contributed by atoms with E-state index in [0.717, 1.165) is 6.08 Å². The lowest BCUT2D eigenvalue weighted by molar-refractivity contribution is -0.131. The van der Waals surface area contributed by atoms with Gasteiger partial charge in [0.2, 0.25) is 5.91 Å². The third-order valence-corrected chi connectivity index (χ3v) is 2.20. The van der Waals surface area contributed by atoms with Gasteiger partial charge in [-0.25, -0.2) is 4.79 Å². The second kappa shape index (κ2) is 7.93. The zero-order valence-electron chi connectivity index (χ0n) is 11.5. The maximum absolute atomic E-state index is 11.4. The molecule has 0 aliphatic carbocycles. The molecule has 0 radical (unpaired) electrons. The van der Waals surface area contributed by atoms with E-state index < -0.39 is 5.97 Å². The van der Waals surface area contributed by atoms with Gasteiger partial charge >= 0.3 is 5.97 Å². The number of hydrogen-bond acceptors (Lipinski definition) is 4. The molecule has 6 nitrogen and oxygen atoms in total. The molecule has 20 heavy (non-hydrogen) atoms. The standard InChI is InChI=1S/C14H18N2O4/c1-10(2)16-13(17)7-8-20-12-5-3-11(15-9-12)4-6-14(18)19/h3-6,9-10H,7-8H2,1-2H3,(H,16,17)(H,18,19). The Morgan fingerprint density at radius 1 is 1.45 bits per heavy atom. The molecule has 1 aromatic heterocycles. The van der Waals surface area contributed by atoms with E-state index in [0.29, 0.717) is 11.4 Å². The van der Waals surface area contributed by atoms with Gasteiger partial charge in [-0.15, -0.1) is 0 Å². The van der Waals surface area contributed by atoms with Crippen LogP contribution in [0.25, 0.3) is 6.08 Å². The minimum absolute atomic E-state index is 0.0611. The molecule has 0 aliphatic heterocycles. The van der Waals surface area contributed by atoms with E-state index in [2.05, 4.69) is 10.3 Å². The summed E-state index contributed by atoms with van der Waals surface area (Å²) in [5, 5.41) is 11.2. The van der Waals surface area contributed by atoms with E-state index in [1.807, 2.05) is 13.8 Å². The van der Waals surface area contributed by atoms with Gasteiger partial charge in [0.1, 0.15) is 5.75 Å². The van der Waals surface area contributed by atoms with Crippen LogP contribution in [0.1, 0.15) is 26.0 Å². The predicted molar refractivity (Wildman–Crippen MR) is 74.3 cm³/mol. The van der Waals surface area contributed by atoms with Crippen molar-refractivity contribution in [2.75, 3.05) is 6.61 Å². The largest absolute Gasteiger partial charge is 0.491 e. The number of rotatable bonds is 7. The highest BCUT2D eigenvalue weighted by molar-refractivity contribution is 5.84. The van der Waals surface area contributed by atoms with Gasteiger partial charge in [0, 0.05) is 12.1 Å². The van der Waals surface area contributed by atoms with Crippen LogP contribution in [0.2, 0.25) is 0 Å². The minimum atomic E-state index is -1.02. The van der Waals surface area contributed by atoms with Gasteiger partial charge in [-0.05, 0) is 32.1 Å². The summed E-state index contributed by atoms with van der Waals surface area (Å²) in [6.45, 7) is 4.06. The molecule has 0 spiro atoms. The first kappa shape index (κ1) is 15.7. The Kier molecular flexibility index (Phi) is 6.22. The normalized spacial score (nSPS) is 10.8. The maximum atomic E-state index is 11.4. The zero-order chi connectivity index (χ0) is 15.0. The van der Waals surface area contributed by atoms with E-state index >= 15 is 0 Å². The summed E-state index contributed by atoms with van der Waals surface area (Å²) in [7, 11) is 0. The molecule has 1 aromatic rings. The summed E-state index contributed by atoms with van der Waals surface area (Å²) in [6.07, 6.45) is 4.17. The zero-order valence-corrected chi connectivity index (χ0v) is 11.5. The molecular weight excluding hydrogens is 260 g/mol. The van der Waals surface area contributed by atoms with Gasteiger partial charge in [-0.3, -0.25) is 9.78 Å². The molecule has 0 saturated carbocycles. The predicted octanol–water partition coefficient (Wildman–Crippen LogP) is 1.47. The third kappa shape index (κ3) is 6.53. The Labute approximate surface area is 117 Å². The summed E-state index contributed by atoms with van der Waals surface area (Å²) < 4.78 is 5.38. The van der Waals surface area contributed by atoms with E-state index in [9.17, 15) is 9.59 Å². The van der Waals surface area contributed by atoms with Crippen molar-refractivity contribution in [3.8, 4) is 5.75 Å². The Bertz CT molecular complexity index is 480. The van der Waals surface area contributed by atoms with Crippen LogP contribution >= 0.6 is 0 Å². The fraction of sp³-hybridized carbons (Fsp3) is 0.357. The van der Waals surface area contributed by atoms with Crippen LogP contribution in [-0.2, 0) is 9.59 Å². The van der Waals surface area contributed by atoms with Gasteiger partial charge in [0.25, 0.3) is 0 Å². The van der Waals surface area contributed by atoms with Crippen molar-refractivity contribution in [3.05, 3.63) is 30.1 Å². The summed E-state index contributed by atoms with van der Waals surface area (Å²) in [4.78, 5) is 25.7. The maximum Gasteiger partial charge on any atom is 0.328 e. The van der Waals surface area contributed by atoms with E-state index in [1.165, 1.54) is 12.3 Å². The Hall–Kier alpha value is -2.37. The molecular formula is C14H18N2O4. The second-order valence-corrected chi connectivity index (χ2v) is 4.41. The molecule has 1 rings (SSSR count). The van der Waals surface area contributed by atoms with Crippen LogP contribution in [0.3, 0.4) is 0 Å². The highest BCUT2D eigenvalue weighted by atomic mass is 16.5. The van der Waals surface area contributed by atoms with Crippen LogP contribution in [0.4, 0.5) is 0 Å². The number of pyridine rings is 1. The summed E-state index contributed by atoms with van der Waals surface area (Å²) in [5.74, 6) is -0.549. The Balaban J connectivity index is 2.38. The van der Waals surface area contributed by atoms with Crippen molar-refractivity contribution in [2.45, 2.75) is 26.3 Å². The van der Waals surface area contributed by atoms with E-state index in [1.54, 1.807) is 12.1 Å². The number of ether oxygens (including phenoxy) is 1. The van der Waals surface area contributed by atoms with Crippen LogP contribution < -0.4 is 10.1 Å². The lowest BCUT2D eigenvalue weighted by atomic mass is 10.3. The molecule has 0 fully saturated rings. The molecule has 108 valence electrons. The molecule has 0 bridgehead atoms. The lowest BCUT2D eigenvalue weighted by Crippen LogP contribution is -2.31. The lowest BCUT2D eigenvalue weighted by Gasteiger charge is -2.09. The van der Waals surface area contributed by atoms with Crippen LogP contribution in [-0.4, -0.2) is 34.6 Å². The van der Waals surface area contributed by atoms with Crippen LogP contribution in [0.15, 0.2) is 24.4 Å². The number of aromatic nitrogens is 1. The Morgan fingerprint density at radius 2 is 2.20 bits per heavy atom. The van der Waals surface area contributed by atoms with Crippen molar-refractivity contribution < 1.29 is 19.4 Å². The number of hydrogen-bond donors (Lipinski definition) is 2. The smallest absolute Gasteiger partial charge is 0.328 e. The SMILES string of the molecule is CC(C)NC(=O)CCOc1ccc(C=CC(=O)O)nc1. The first-order chi connectivity index (χ1) is 9.47. The minimum Gasteiger partial charge on any atom is -0.491 e. The van der Waals surface area contributed by atoms with Crippen LogP contribution in [0.5, 0.6) is 5.75 Å². The number of aliphatic carboxylic acids is 1. The van der Waals surface area contributed by atoms with Gasteiger partial charge in [-0.2, -0.15) is 0 Å². The van der Waals surface area contributed by atoms with E-state index in [4.69, 9.17) is 9.84 Å². The molecule has 2 N–H and O–H groups in total. The molecule has 1 heterocycles. The Morgan fingerprint density at radius 3 is 2.75 bits per heavy atom. The molecule has 0 atom stereocenters. The van der Waals surface area contributed by atoms with Crippen molar-refractivity contribution in [1.29, 1.82) is 0 Å². The van der Waals surface area contributed by atoms with Gasteiger partial charge in [-0.1, -0.05) is 0 Å². The average molecular weight is 278 g/mol. The quantitative estimate of drug-likeness (QED) is 0.737. The number of carboxylic acids is 1. The highest BCUT2D eigenvalue weighted by Crippen LogP contribution is 2.10. The number of carbonyl (C=O) groups is 2. The highest BCUT2D eigenvalue weighted by Gasteiger charge is 2.03. The van der Waals surface area contributed by atoms with E-state index in [-0.39, 0.29) is 25.0 Å². The van der Waals surface area contributed by atoms with Crippen LogP contribution in [0, 0.1) is 0 Å². The van der Waals surface area contributed by atoms with Gasteiger partial charge in [0.05, 0.1) is 24.9 Å². The average Bonchev–Trinajstić information content (AvgIpc) is 2.37. The van der Waals surface area contributed by atoms with Crippen molar-refractivity contribution in [2.24, 2.45) is 0 Å². The number of carbonyl (C=O) groups excluding carboxylic acids is 1. The molecule has 0 unspecified atom stereocenters. The number of amides is 1. The fourth-order valence-electron chi connectivity index (χ4n) is 1.39. The summed E-state index contributed by atoms with van der Waals surface area (Å²) in [6, 6.07) is 3.43. The molecule has 6 heteroatoms. The summed E-state index contributed by atoms with van der Waals surface area (Å²) >= 11 is 0. The summed E-state index contributed by atoms with van der Waals surface area (Å²) in [5.41, 5.74) is 0.525. The molecule has 1 amide bonds. The molecule has 0 saturated heterocycles. The first-order valence-corrected chi connectivity index (χ1v) is 6.26. The number of nitrogens with one attached hydrogen (secondary N) is 1. The monoisotopic (exact) mass is 278 g/mol. The van der Waals surface area contributed by atoms with Crippen molar-refractivity contribution in [3.63, 3.8) is 0 Å². The first-order valence-electron chi connectivity index (χ1n) is 6.26. The molecule has 0 aromatic carbocycles. The van der Waals surface area contributed by atoms with Gasteiger partial charge in [0.15, 0.2) is 0 Å². The van der Waals surface area contributed by atoms with Crippen molar-refractivity contribution >= 4 is 18.0 Å². The molecule has 0 aliphatic rings. The number of carboxylic acid groups (broad SMARTS) is 1. The van der Waals surface area contributed by atoms with Gasteiger partial charge < -0.3 is 15.2 Å². The number of nitrogens with zero attached hydrogens (tertiary/aromatic N) is 1. The fourth-order valence-corrected chi connectivity index (χ4v) is 1.39. The second-order valence-electron chi connectivity index (χ2n) is 4.41. The van der Waals surface area contributed by atoms with Crippen molar-refractivity contribution in [1.82, 2.24) is 10.3 Å².